The van der Waals surface area contributed by atoms with Gasteiger partial charge in [-0.2, -0.15) is 0 Å². The Morgan fingerprint density at radius 3 is 2.73 bits per heavy atom. The van der Waals surface area contributed by atoms with Crippen molar-refractivity contribution >= 4 is 32.5 Å². The first-order valence-electron chi connectivity index (χ1n) is 9.30. The van der Waals surface area contributed by atoms with E-state index in [9.17, 15) is 13.2 Å². The molecule has 1 aromatic heterocycles. The minimum Gasteiger partial charge on any atom is -0.350 e. The third-order valence-electron chi connectivity index (χ3n) is 5.10. The van der Waals surface area contributed by atoms with Gasteiger partial charge in [0.1, 0.15) is 5.69 Å². The number of anilines is 1. The quantitative estimate of drug-likeness (QED) is 0.657. The van der Waals surface area contributed by atoms with Crippen LogP contribution in [-0.4, -0.2) is 31.6 Å². The lowest BCUT2D eigenvalue weighted by Crippen LogP contribution is -2.32. The summed E-state index contributed by atoms with van der Waals surface area (Å²) in [6.45, 7) is 4.56. The predicted molar refractivity (Wildman–Crippen MR) is 105 cm³/mol. The van der Waals surface area contributed by atoms with Crippen LogP contribution in [0.2, 0.25) is 0 Å². The van der Waals surface area contributed by atoms with Crippen LogP contribution in [0.3, 0.4) is 0 Å². The number of hydrogen-bond donors (Lipinski definition) is 3. The molecule has 1 heterocycles. The molecular weight excluding hydrogens is 350 g/mol. The van der Waals surface area contributed by atoms with Crippen molar-refractivity contribution in [1.82, 2.24) is 10.3 Å². The average Bonchev–Trinajstić information content (AvgIpc) is 2.88. The molecule has 0 spiro atoms. The maximum Gasteiger partial charge on any atom is 0.268 e. The molecule has 3 rings (SSSR count). The summed E-state index contributed by atoms with van der Waals surface area (Å²) < 4.78 is 26.8. The summed E-state index contributed by atoms with van der Waals surface area (Å²) in [5.74, 6) is 0.617. The number of aromatic nitrogens is 1. The number of unbranched alkanes of at least 4 members (excludes halogenated alkanes) is 1. The Labute approximate surface area is 154 Å². The third-order valence-corrected chi connectivity index (χ3v) is 6.47. The molecule has 26 heavy (non-hydrogen) atoms. The Morgan fingerprint density at radius 2 is 2.08 bits per heavy atom. The number of rotatable bonds is 8. The first-order chi connectivity index (χ1) is 12.4. The molecule has 0 aliphatic heterocycles. The molecule has 1 aliphatic carbocycles. The summed E-state index contributed by atoms with van der Waals surface area (Å²) >= 11 is 0. The van der Waals surface area contributed by atoms with Gasteiger partial charge in [0.2, 0.25) is 10.0 Å². The first-order valence-corrected chi connectivity index (χ1v) is 11.0. The van der Waals surface area contributed by atoms with Gasteiger partial charge < -0.3 is 10.3 Å². The lowest BCUT2D eigenvalue weighted by Gasteiger charge is -2.25. The monoisotopic (exact) mass is 377 g/mol. The molecule has 1 amide bonds. The molecule has 0 unspecified atom stereocenters. The number of carbonyl (C=O) groups excluding carboxylic acids is 1. The predicted octanol–water partition coefficient (Wildman–Crippen LogP) is 3.55. The molecule has 1 aromatic carbocycles. The number of carbonyl (C=O) groups is 1. The highest BCUT2D eigenvalue weighted by Gasteiger charge is 2.20. The normalized spacial score (nSPS) is 15.0. The van der Waals surface area contributed by atoms with Crippen molar-refractivity contribution in [2.45, 2.75) is 46.0 Å². The Balaban J connectivity index is 1.76. The Kier molecular flexibility index (Phi) is 5.55. The standard InChI is InChI=1S/C19H27N3O3S/c1-3-4-10-26(24,25)22-15-8-9-17-16(11-15)13(2)18(21-17)19(23)20-12-14-6-5-7-14/h8-9,11,14,21-22H,3-7,10,12H2,1-2H3,(H,20,23). The van der Waals surface area contributed by atoms with Crippen LogP contribution in [0, 0.1) is 12.8 Å². The van der Waals surface area contributed by atoms with Crippen LogP contribution < -0.4 is 10.0 Å². The van der Waals surface area contributed by atoms with E-state index in [-0.39, 0.29) is 11.7 Å². The van der Waals surface area contributed by atoms with E-state index in [1.807, 2.05) is 19.9 Å². The highest BCUT2D eigenvalue weighted by Crippen LogP contribution is 2.27. The zero-order valence-corrected chi connectivity index (χ0v) is 16.2. The van der Waals surface area contributed by atoms with Crippen molar-refractivity contribution in [3.05, 3.63) is 29.5 Å². The number of H-pyrrole nitrogens is 1. The maximum atomic E-state index is 12.5. The second kappa shape index (κ2) is 7.70. The maximum absolute atomic E-state index is 12.5. The van der Waals surface area contributed by atoms with Crippen LogP contribution in [-0.2, 0) is 10.0 Å². The number of fused-ring (bicyclic) bond motifs is 1. The molecule has 0 atom stereocenters. The van der Waals surface area contributed by atoms with Gasteiger partial charge in [-0.1, -0.05) is 19.8 Å². The smallest absolute Gasteiger partial charge is 0.268 e. The summed E-state index contributed by atoms with van der Waals surface area (Å²) in [5, 5.41) is 3.85. The minimum atomic E-state index is -3.34. The van der Waals surface area contributed by atoms with Gasteiger partial charge in [-0.25, -0.2) is 8.42 Å². The zero-order valence-electron chi connectivity index (χ0n) is 15.4. The van der Waals surface area contributed by atoms with Gasteiger partial charge in [-0.05, 0) is 55.9 Å². The number of nitrogens with one attached hydrogen (secondary N) is 3. The van der Waals surface area contributed by atoms with Crippen molar-refractivity contribution in [3.63, 3.8) is 0 Å². The van der Waals surface area contributed by atoms with Crippen LogP contribution in [0.5, 0.6) is 0 Å². The van der Waals surface area contributed by atoms with Gasteiger partial charge in [-0.15, -0.1) is 0 Å². The van der Waals surface area contributed by atoms with Gasteiger partial charge >= 0.3 is 0 Å². The summed E-state index contributed by atoms with van der Waals surface area (Å²) in [7, 11) is -3.34. The molecule has 6 nitrogen and oxygen atoms in total. The zero-order chi connectivity index (χ0) is 18.7. The SMILES string of the molecule is CCCCS(=O)(=O)Nc1ccc2[nH]c(C(=O)NCC3CCC3)c(C)c2c1. The van der Waals surface area contributed by atoms with Gasteiger partial charge in [0, 0.05) is 23.1 Å². The lowest BCUT2D eigenvalue weighted by molar-refractivity contribution is 0.0934. The molecule has 2 aromatic rings. The highest BCUT2D eigenvalue weighted by molar-refractivity contribution is 7.92. The Morgan fingerprint density at radius 1 is 1.31 bits per heavy atom. The van der Waals surface area contributed by atoms with E-state index >= 15 is 0 Å². The van der Waals surface area contributed by atoms with Crippen molar-refractivity contribution < 1.29 is 13.2 Å². The Hall–Kier alpha value is -2.02. The van der Waals surface area contributed by atoms with Gasteiger partial charge in [0.05, 0.1) is 5.75 Å². The summed E-state index contributed by atoms with van der Waals surface area (Å²) in [4.78, 5) is 15.6. The highest BCUT2D eigenvalue weighted by atomic mass is 32.2. The molecule has 3 N–H and O–H groups in total. The summed E-state index contributed by atoms with van der Waals surface area (Å²) in [6, 6.07) is 5.31. The van der Waals surface area contributed by atoms with E-state index in [0.29, 0.717) is 23.7 Å². The largest absolute Gasteiger partial charge is 0.350 e. The second-order valence-corrected chi connectivity index (χ2v) is 9.01. The van der Waals surface area contributed by atoms with Gasteiger partial charge in [0.25, 0.3) is 5.91 Å². The number of benzene rings is 1. The first kappa shape index (κ1) is 18.8. The summed E-state index contributed by atoms with van der Waals surface area (Å²) in [5.41, 5.74) is 2.73. The fraction of sp³-hybridized carbons (Fsp3) is 0.526. The molecule has 142 valence electrons. The number of sulfonamides is 1. The third kappa shape index (κ3) is 4.20. The lowest BCUT2D eigenvalue weighted by atomic mass is 9.85. The topological polar surface area (TPSA) is 91.1 Å². The number of amides is 1. The van der Waals surface area contributed by atoms with E-state index in [1.54, 1.807) is 12.1 Å². The van der Waals surface area contributed by atoms with Crippen molar-refractivity contribution in [2.75, 3.05) is 17.0 Å². The molecule has 0 radical (unpaired) electrons. The minimum absolute atomic E-state index is 0.101. The molecule has 7 heteroatoms. The second-order valence-electron chi connectivity index (χ2n) is 7.17. The number of hydrogen-bond acceptors (Lipinski definition) is 3. The number of aryl methyl sites for hydroxylation is 1. The fourth-order valence-corrected chi connectivity index (χ4v) is 4.46. The molecule has 0 bridgehead atoms. The van der Waals surface area contributed by atoms with Crippen LogP contribution in [0.15, 0.2) is 18.2 Å². The van der Waals surface area contributed by atoms with E-state index in [0.717, 1.165) is 29.4 Å². The van der Waals surface area contributed by atoms with E-state index < -0.39 is 10.0 Å². The van der Waals surface area contributed by atoms with Gasteiger partial charge in [0.15, 0.2) is 0 Å². The van der Waals surface area contributed by atoms with E-state index in [1.165, 1.54) is 19.3 Å². The van der Waals surface area contributed by atoms with Crippen molar-refractivity contribution in [3.8, 4) is 0 Å². The van der Waals surface area contributed by atoms with Gasteiger partial charge in [-0.3, -0.25) is 9.52 Å². The van der Waals surface area contributed by atoms with Crippen LogP contribution in [0.25, 0.3) is 10.9 Å². The van der Waals surface area contributed by atoms with E-state index in [4.69, 9.17) is 0 Å². The molecular formula is C19H27N3O3S. The van der Waals surface area contributed by atoms with Crippen LogP contribution in [0.1, 0.15) is 55.1 Å². The average molecular weight is 378 g/mol. The van der Waals surface area contributed by atoms with Crippen molar-refractivity contribution in [1.29, 1.82) is 0 Å². The molecule has 1 aliphatic rings. The van der Waals surface area contributed by atoms with Crippen LogP contribution in [0.4, 0.5) is 5.69 Å². The van der Waals surface area contributed by atoms with Crippen LogP contribution >= 0.6 is 0 Å². The van der Waals surface area contributed by atoms with E-state index in [2.05, 4.69) is 15.0 Å². The fourth-order valence-electron chi connectivity index (χ4n) is 3.20. The number of aromatic amines is 1. The Bertz CT molecular complexity index is 898. The molecule has 1 saturated carbocycles. The summed E-state index contributed by atoms with van der Waals surface area (Å²) in [6.07, 6.45) is 5.09. The van der Waals surface area contributed by atoms with Crippen molar-refractivity contribution in [2.24, 2.45) is 5.92 Å². The molecule has 0 saturated heterocycles. The molecule has 1 fully saturated rings.